The number of nitrogens with one attached hydrogen (secondary N) is 3. The first kappa shape index (κ1) is 23.9. The second-order valence-electron chi connectivity index (χ2n) is 6.30. The second kappa shape index (κ2) is 13.1. The van der Waals surface area contributed by atoms with E-state index in [0.29, 0.717) is 24.7 Å². The summed E-state index contributed by atoms with van der Waals surface area (Å²) in [4.78, 5) is 16.6. The summed E-state index contributed by atoms with van der Waals surface area (Å²) in [6.45, 7) is 6.05. The van der Waals surface area contributed by atoms with Crippen LogP contribution in [0.2, 0.25) is 0 Å². The van der Waals surface area contributed by atoms with E-state index in [-0.39, 0.29) is 35.6 Å². The van der Waals surface area contributed by atoms with Gasteiger partial charge >= 0.3 is 0 Å². The molecule has 2 atom stereocenters. The molecular formula is C19H31IN4O2S. The van der Waals surface area contributed by atoms with Gasteiger partial charge < -0.3 is 21.1 Å². The number of benzene rings is 1. The van der Waals surface area contributed by atoms with E-state index in [1.807, 2.05) is 18.7 Å². The number of carbonyl (C=O) groups excluding carboxylic acids is 1. The third-order valence-electron chi connectivity index (χ3n) is 4.27. The number of amides is 1. The summed E-state index contributed by atoms with van der Waals surface area (Å²) in [5, 5.41) is 19.7. The number of guanidine groups is 1. The Bertz CT molecular complexity index is 598. The molecule has 4 N–H and O–H groups in total. The summed E-state index contributed by atoms with van der Waals surface area (Å²) in [7, 11) is 0. The number of aromatic hydroxyl groups is 1. The van der Waals surface area contributed by atoms with Crippen LogP contribution >= 0.6 is 35.7 Å². The number of nitrogens with zero attached hydrogens (tertiary/aromatic N) is 1. The number of carbonyl (C=O) groups is 1. The lowest BCUT2D eigenvalue weighted by Crippen LogP contribution is -2.43. The number of phenols is 1. The fraction of sp³-hybridized carbons (Fsp3) is 0.579. The van der Waals surface area contributed by atoms with E-state index >= 15 is 0 Å². The molecule has 152 valence electrons. The van der Waals surface area contributed by atoms with E-state index in [9.17, 15) is 9.90 Å². The van der Waals surface area contributed by atoms with Crippen LogP contribution < -0.4 is 16.0 Å². The predicted octanol–water partition coefficient (Wildman–Crippen LogP) is 2.97. The maximum atomic E-state index is 12.0. The monoisotopic (exact) mass is 506 g/mol. The van der Waals surface area contributed by atoms with E-state index in [4.69, 9.17) is 0 Å². The highest BCUT2D eigenvalue weighted by Crippen LogP contribution is 2.29. The minimum Gasteiger partial charge on any atom is -0.508 e. The molecule has 2 unspecified atom stereocenters. The Kier molecular flexibility index (Phi) is 11.6. The first-order valence-corrected chi connectivity index (χ1v) is 10.4. The molecule has 1 aromatic rings. The molecule has 1 aliphatic rings. The molecule has 1 fully saturated rings. The van der Waals surface area contributed by atoms with Crippen molar-refractivity contribution >= 4 is 47.6 Å². The highest BCUT2D eigenvalue weighted by molar-refractivity contribution is 14.0. The Hall–Kier alpha value is -1.16. The average Bonchev–Trinajstić information content (AvgIpc) is 3.06. The van der Waals surface area contributed by atoms with Gasteiger partial charge in [-0.3, -0.25) is 9.79 Å². The van der Waals surface area contributed by atoms with Crippen LogP contribution in [0.3, 0.4) is 0 Å². The zero-order valence-electron chi connectivity index (χ0n) is 16.0. The lowest BCUT2D eigenvalue weighted by atomic mass is 10.2. The number of halogens is 1. The van der Waals surface area contributed by atoms with Crippen molar-refractivity contribution in [1.82, 2.24) is 16.0 Å². The molecule has 1 saturated carbocycles. The normalized spacial score (nSPS) is 19.3. The number of aliphatic imine (C=N–C) groups is 1. The molecule has 6 nitrogen and oxygen atoms in total. The Morgan fingerprint density at radius 1 is 1.22 bits per heavy atom. The zero-order valence-corrected chi connectivity index (χ0v) is 19.2. The van der Waals surface area contributed by atoms with Crippen molar-refractivity contribution in [2.45, 2.75) is 44.4 Å². The lowest BCUT2D eigenvalue weighted by molar-refractivity contribution is 0.0955. The van der Waals surface area contributed by atoms with Crippen LogP contribution in [0.4, 0.5) is 0 Å². The summed E-state index contributed by atoms with van der Waals surface area (Å²) in [6, 6.07) is 6.69. The van der Waals surface area contributed by atoms with Gasteiger partial charge in [0.15, 0.2) is 5.96 Å². The standard InChI is InChI=1S/C19H30N4O2S.HI/c1-3-20-19(23-15-7-10-17(13-15)26-4-2)22-12-11-21-18(25)14-5-8-16(24)9-6-14;/h5-6,8-9,15,17,24H,3-4,7,10-13H2,1-2H3,(H,21,25)(H2,20,22,23);1H. The summed E-state index contributed by atoms with van der Waals surface area (Å²) in [5.41, 5.74) is 0.530. The van der Waals surface area contributed by atoms with Crippen LogP contribution in [0, 0.1) is 0 Å². The molecule has 0 bridgehead atoms. The maximum Gasteiger partial charge on any atom is 0.251 e. The third kappa shape index (κ3) is 8.59. The summed E-state index contributed by atoms with van der Waals surface area (Å²) >= 11 is 2.04. The van der Waals surface area contributed by atoms with Gasteiger partial charge in [-0.1, -0.05) is 6.92 Å². The van der Waals surface area contributed by atoms with Gasteiger partial charge in [-0.15, -0.1) is 24.0 Å². The predicted molar refractivity (Wildman–Crippen MR) is 125 cm³/mol. The van der Waals surface area contributed by atoms with E-state index in [1.165, 1.54) is 37.1 Å². The van der Waals surface area contributed by atoms with E-state index in [2.05, 4.69) is 27.9 Å². The van der Waals surface area contributed by atoms with Crippen molar-refractivity contribution in [3.05, 3.63) is 29.8 Å². The van der Waals surface area contributed by atoms with Gasteiger partial charge in [0.2, 0.25) is 0 Å². The number of thioether (sulfide) groups is 1. The smallest absolute Gasteiger partial charge is 0.251 e. The molecule has 0 radical (unpaired) electrons. The van der Waals surface area contributed by atoms with Gasteiger partial charge in [-0.2, -0.15) is 11.8 Å². The molecule has 1 aromatic carbocycles. The van der Waals surface area contributed by atoms with Crippen molar-refractivity contribution in [3.63, 3.8) is 0 Å². The van der Waals surface area contributed by atoms with Gasteiger partial charge in [0.05, 0.1) is 6.54 Å². The molecule has 0 heterocycles. The maximum absolute atomic E-state index is 12.0. The minimum absolute atomic E-state index is 0. The summed E-state index contributed by atoms with van der Waals surface area (Å²) < 4.78 is 0. The third-order valence-corrected chi connectivity index (χ3v) is 5.50. The van der Waals surface area contributed by atoms with Crippen LogP contribution in [0.1, 0.15) is 43.5 Å². The molecule has 1 amide bonds. The van der Waals surface area contributed by atoms with Gasteiger partial charge in [-0.05, 0) is 56.2 Å². The van der Waals surface area contributed by atoms with Crippen LogP contribution in [-0.4, -0.2) is 53.7 Å². The fourth-order valence-electron chi connectivity index (χ4n) is 3.02. The highest BCUT2D eigenvalue weighted by Gasteiger charge is 2.25. The SMILES string of the molecule is CCNC(=NCCNC(=O)c1ccc(O)cc1)NC1CCC(SCC)C1.I. The number of rotatable bonds is 8. The molecule has 0 aromatic heterocycles. The second-order valence-corrected chi connectivity index (χ2v) is 7.87. The van der Waals surface area contributed by atoms with Crippen molar-refractivity contribution in [3.8, 4) is 5.75 Å². The number of phenolic OH excluding ortho intramolecular Hbond substituents is 1. The minimum atomic E-state index is -0.159. The van der Waals surface area contributed by atoms with Gasteiger partial charge in [0.1, 0.15) is 5.75 Å². The Morgan fingerprint density at radius 3 is 2.63 bits per heavy atom. The van der Waals surface area contributed by atoms with Crippen molar-refractivity contribution in [2.24, 2.45) is 4.99 Å². The molecule has 0 spiro atoms. The van der Waals surface area contributed by atoms with Crippen molar-refractivity contribution in [1.29, 1.82) is 0 Å². The number of hydrogen-bond donors (Lipinski definition) is 4. The topological polar surface area (TPSA) is 85.8 Å². The van der Waals surface area contributed by atoms with Crippen LogP contribution in [-0.2, 0) is 0 Å². The Labute approximate surface area is 183 Å². The summed E-state index contributed by atoms with van der Waals surface area (Å²) in [6.07, 6.45) is 3.62. The van der Waals surface area contributed by atoms with Crippen molar-refractivity contribution in [2.75, 3.05) is 25.4 Å². The lowest BCUT2D eigenvalue weighted by Gasteiger charge is -2.17. The molecule has 0 saturated heterocycles. The first-order valence-electron chi connectivity index (χ1n) is 9.36. The van der Waals surface area contributed by atoms with Gasteiger partial charge in [0, 0.05) is 29.9 Å². The molecular weight excluding hydrogens is 475 g/mol. The number of hydrogen-bond acceptors (Lipinski definition) is 4. The quantitative estimate of drug-likeness (QED) is 0.189. The van der Waals surface area contributed by atoms with Crippen LogP contribution in [0.15, 0.2) is 29.3 Å². The molecule has 0 aliphatic heterocycles. The van der Waals surface area contributed by atoms with Crippen molar-refractivity contribution < 1.29 is 9.90 Å². The Morgan fingerprint density at radius 2 is 1.96 bits per heavy atom. The first-order chi connectivity index (χ1) is 12.6. The molecule has 27 heavy (non-hydrogen) atoms. The molecule has 8 heteroatoms. The van der Waals surface area contributed by atoms with Crippen LogP contribution in [0.25, 0.3) is 0 Å². The Balaban J connectivity index is 0.00000364. The largest absolute Gasteiger partial charge is 0.508 e. The highest BCUT2D eigenvalue weighted by atomic mass is 127. The summed E-state index contributed by atoms with van der Waals surface area (Å²) in [5.74, 6) is 1.98. The average molecular weight is 506 g/mol. The van der Waals surface area contributed by atoms with E-state index in [1.54, 1.807) is 12.1 Å². The van der Waals surface area contributed by atoms with Gasteiger partial charge in [-0.25, -0.2) is 0 Å². The van der Waals surface area contributed by atoms with Gasteiger partial charge in [0.25, 0.3) is 5.91 Å². The fourth-order valence-corrected chi connectivity index (χ4v) is 4.17. The van der Waals surface area contributed by atoms with E-state index < -0.39 is 0 Å². The van der Waals surface area contributed by atoms with E-state index in [0.717, 1.165) is 17.8 Å². The molecule has 1 aliphatic carbocycles. The van der Waals surface area contributed by atoms with Crippen LogP contribution in [0.5, 0.6) is 5.75 Å². The molecule has 2 rings (SSSR count). The zero-order chi connectivity index (χ0) is 18.8.